The van der Waals surface area contributed by atoms with Gasteiger partial charge in [-0.1, -0.05) is 12.1 Å². The molecule has 0 spiro atoms. The molecule has 184 valence electrons. The number of nitrogens with one attached hydrogen (secondary N) is 1. The Balaban J connectivity index is 1.69. The van der Waals surface area contributed by atoms with E-state index in [0.29, 0.717) is 24.2 Å². The van der Waals surface area contributed by atoms with Crippen molar-refractivity contribution in [1.82, 2.24) is 15.1 Å². The molecule has 0 bridgehead atoms. The zero-order valence-electron chi connectivity index (χ0n) is 19.9. The molecule has 2 aromatic carbocycles. The summed E-state index contributed by atoms with van der Waals surface area (Å²) in [5.41, 5.74) is 14.3. The van der Waals surface area contributed by atoms with E-state index in [4.69, 9.17) is 11.5 Å². The van der Waals surface area contributed by atoms with Crippen LogP contribution in [0.5, 0.6) is 11.5 Å². The van der Waals surface area contributed by atoms with Gasteiger partial charge in [0.05, 0.1) is 11.1 Å². The summed E-state index contributed by atoms with van der Waals surface area (Å²) in [4.78, 5) is 27.8. The molecule has 0 aliphatic carbocycles. The maximum atomic E-state index is 11.7. The van der Waals surface area contributed by atoms with Gasteiger partial charge in [0.15, 0.2) is 0 Å². The van der Waals surface area contributed by atoms with Crippen LogP contribution in [0.4, 0.5) is 0 Å². The second-order valence-electron chi connectivity index (χ2n) is 9.02. The van der Waals surface area contributed by atoms with Crippen molar-refractivity contribution >= 4 is 11.8 Å². The van der Waals surface area contributed by atoms with E-state index in [0.717, 1.165) is 56.8 Å². The minimum Gasteiger partial charge on any atom is -0.507 e. The van der Waals surface area contributed by atoms with Gasteiger partial charge < -0.3 is 27.0 Å². The molecule has 2 amide bonds. The van der Waals surface area contributed by atoms with E-state index in [1.807, 2.05) is 26.0 Å². The maximum absolute atomic E-state index is 11.7. The van der Waals surface area contributed by atoms with E-state index >= 15 is 0 Å². The van der Waals surface area contributed by atoms with Crippen molar-refractivity contribution in [3.63, 3.8) is 0 Å². The lowest BCUT2D eigenvalue weighted by atomic mass is 10.0. The quantitative estimate of drug-likeness (QED) is 0.427. The topological polar surface area (TPSA) is 145 Å². The molecule has 34 heavy (non-hydrogen) atoms. The number of amides is 2. The van der Waals surface area contributed by atoms with E-state index in [1.165, 1.54) is 0 Å². The lowest BCUT2D eigenvalue weighted by molar-refractivity contribution is 0.0988. The summed E-state index contributed by atoms with van der Waals surface area (Å²) in [5, 5.41) is 24.5. The highest BCUT2D eigenvalue weighted by atomic mass is 16.3. The fourth-order valence-electron chi connectivity index (χ4n) is 4.46. The number of nitrogens with zero attached hydrogens (tertiary/aromatic N) is 2. The largest absolute Gasteiger partial charge is 0.507 e. The first-order valence-electron chi connectivity index (χ1n) is 11.6. The molecule has 1 heterocycles. The van der Waals surface area contributed by atoms with Crippen molar-refractivity contribution in [2.24, 2.45) is 11.5 Å². The van der Waals surface area contributed by atoms with Crippen molar-refractivity contribution in [2.45, 2.75) is 33.4 Å². The molecule has 0 radical (unpaired) electrons. The molecule has 0 aromatic heterocycles. The Kier molecular flexibility index (Phi) is 8.49. The molecule has 0 atom stereocenters. The second kappa shape index (κ2) is 11.3. The zero-order valence-corrected chi connectivity index (χ0v) is 19.9. The highest BCUT2D eigenvalue weighted by Gasteiger charge is 2.19. The lowest BCUT2D eigenvalue weighted by Crippen LogP contribution is -2.40. The highest BCUT2D eigenvalue weighted by molar-refractivity contribution is 5.96. The predicted octanol–water partition coefficient (Wildman–Crippen LogP) is 1.21. The third-order valence-corrected chi connectivity index (χ3v) is 6.14. The summed E-state index contributed by atoms with van der Waals surface area (Å²) >= 11 is 0. The summed E-state index contributed by atoms with van der Waals surface area (Å²) in [6.45, 7) is 9.54. The molecule has 0 unspecified atom stereocenters. The zero-order chi connectivity index (χ0) is 24.8. The van der Waals surface area contributed by atoms with E-state index in [2.05, 4.69) is 15.1 Å². The van der Waals surface area contributed by atoms with Gasteiger partial charge >= 0.3 is 0 Å². The number of phenols is 2. The normalized spacial score (nSPS) is 16.3. The molecule has 3 rings (SSSR count). The molecular formula is C25H35N5O4. The molecule has 9 heteroatoms. The van der Waals surface area contributed by atoms with Crippen LogP contribution in [0.2, 0.25) is 0 Å². The standard InChI is InChI=1S/C25H35N5O4/c1-16-10-18(22(31)20(12-16)24(26)33)14-29-6-3-7-30(9-5-28-4-8-29)15-19-11-17(2)13-21(23(19)32)25(27)34/h10-13,28,31-32H,3-9,14-15H2,1-2H3,(H2,26,33)(H2,27,34). The number of primary amides is 2. The van der Waals surface area contributed by atoms with Crippen LogP contribution >= 0.6 is 0 Å². The third-order valence-electron chi connectivity index (χ3n) is 6.14. The second-order valence-corrected chi connectivity index (χ2v) is 9.02. The predicted molar refractivity (Wildman–Crippen MR) is 131 cm³/mol. The fraction of sp³-hybridized carbons (Fsp3) is 0.440. The van der Waals surface area contributed by atoms with E-state index in [9.17, 15) is 19.8 Å². The first-order chi connectivity index (χ1) is 16.2. The summed E-state index contributed by atoms with van der Waals surface area (Å²) in [6.07, 6.45) is 0.879. The number of aryl methyl sites for hydroxylation is 2. The lowest BCUT2D eigenvalue weighted by Gasteiger charge is -2.29. The molecule has 0 saturated carbocycles. The van der Waals surface area contributed by atoms with Crippen LogP contribution in [0, 0.1) is 13.8 Å². The van der Waals surface area contributed by atoms with E-state index < -0.39 is 11.8 Å². The van der Waals surface area contributed by atoms with Crippen LogP contribution in [0.25, 0.3) is 0 Å². The number of hydrogen-bond acceptors (Lipinski definition) is 7. The SMILES string of the molecule is Cc1cc(CN2CCCN(Cc3cc(C)cc(C(N)=O)c3O)CCNCC2)c(O)c(C(N)=O)c1. The minimum atomic E-state index is -0.639. The van der Waals surface area contributed by atoms with Gasteiger partial charge in [-0.05, 0) is 56.6 Å². The Hall–Kier alpha value is -3.14. The molecule has 1 aliphatic heterocycles. The number of carbonyl (C=O) groups excluding carboxylic acids is 2. The highest BCUT2D eigenvalue weighted by Crippen LogP contribution is 2.27. The molecule has 9 nitrogen and oxygen atoms in total. The summed E-state index contributed by atoms with van der Waals surface area (Å²) < 4.78 is 0. The molecule has 1 fully saturated rings. The van der Waals surface area contributed by atoms with Gasteiger partial charge in [-0.2, -0.15) is 0 Å². The molecule has 1 saturated heterocycles. The molecule has 2 aromatic rings. The monoisotopic (exact) mass is 469 g/mol. The third kappa shape index (κ3) is 6.47. The van der Waals surface area contributed by atoms with Crippen molar-refractivity contribution in [3.8, 4) is 11.5 Å². The number of carbonyl (C=O) groups is 2. The summed E-state index contributed by atoms with van der Waals surface area (Å²) in [7, 11) is 0. The molecular weight excluding hydrogens is 434 g/mol. The fourth-order valence-corrected chi connectivity index (χ4v) is 4.46. The van der Waals surface area contributed by atoms with Gasteiger partial charge in [-0.15, -0.1) is 0 Å². The minimum absolute atomic E-state index is 0.0510. The smallest absolute Gasteiger partial charge is 0.252 e. The van der Waals surface area contributed by atoms with Gasteiger partial charge in [-0.25, -0.2) is 0 Å². The summed E-state index contributed by atoms with van der Waals surface area (Å²) in [5.74, 6) is -1.38. The van der Waals surface area contributed by atoms with Crippen LogP contribution < -0.4 is 16.8 Å². The van der Waals surface area contributed by atoms with Gasteiger partial charge in [0.2, 0.25) is 0 Å². The summed E-state index contributed by atoms with van der Waals surface area (Å²) in [6, 6.07) is 6.98. The van der Waals surface area contributed by atoms with E-state index in [-0.39, 0.29) is 22.6 Å². The molecule has 7 N–H and O–H groups in total. The molecule has 1 aliphatic rings. The van der Waals surface area contributed by atoms with Gasteiger partial charge in [0, 0.05) is 50.4 Å². The van der Waals surface area contributed by atoms with Crippen molar-refractivity contribution < 1.29 is 19.8 Å². The van der Waals surface area contributed by atoms with Gasteiger partial charge in [-0.3, -0.25) is 19.4 Å². The van der Waals surface area contributed by atoms with E-state index in [1.54, 1.807) is 12.1 Å². The Morgan fingerprint density at radius 1 is 0.794 bits per heavy atom. The van der Waals surface area contributed by atoms with Crippen LogP contribution in [-0.2, 0) is 13.1 Å². The number of hydrogen-bond donors (Lipinski definition) is 5. The van der Waals surface area contributed by atoms with Crippen LogP contribution in [0.3, 0.4) is 0 Å². The average Bonchev–Trinajstić information content (AvgIpc) is 2.77. The number of rotatable bonds is 6. The number of benzene rings is 2. The van der Waals surface area contributed by atoms with Crippen molar-refractivity contribution in [2.75, 3.05) is 39.3 Å². The van der Waals surface area contributed by atoms with Crippen molar-refractivity contribution in [1.29, 1.82) is 0 Å². The number of aromatic hydroxyl groups is 2. The first-order valence-corrected chi connectivity index (χ1v) is 11.6. The van der Waals surface area contributed by atoms with Crippen molar-refractivity contribution in [3.05, 3.63) is 57.6 Å². The number of nitrogens with two attached hydrogens (primary N) is 2. The van der Waals surface area contributed by atoms with Gasteiger partial charge in [0.25, 0.3) is 11.8 Å². The van der Waals surface area contributed by atoms with Crippen LogP contribution in [0.1, 0.15) is 49.4 Å². The first kappa shape index (κ1) is 25.5. The Morgan fingerprint density at radius 2 is 1.21 bits per heavy atom. The maximum Gasteiger partial charge on any atom is 0.252 e. The van der Waals surface area contributed by atoms with Crippen LogP contribution in [0.15, 0.2) is 24.3 Å². The average molecular weight is 470 g/mol. The Bertz CT molecular complexity index is 975. The Labute approximate surface area is 200 Å². The Morgan fingerprint density at radius 3 is 1.59 bits per heavy atom. The van der Waals surface area contributed by atoms with Gasteiger partial charge in [0.1, 0.15) is 11.5 Å². The van der Waals surface area contributed by atoms with Crippen LogP contribution in [-0.4, -0.2) is 71.1 Å².